The highest BCUT2D eigenvalue weighted by Gasteiger charge is 2.21. The summed E-state index contributed by atoms with van der Waals surface area (Å²) in [6.45, 7) is 4.14. The maximum Gasteiger partial charge on any atom is 0.306 e. The molecule has 0 N–H and O–H groups in total. The molecule has 0 aromatic rings. The number of unbranched alkanes of at least 4 members (excludes halogenated alkanes) is 18. The fourth-order valence-corrected chi connectivity index (χ4v) is 6.50. The molecule has 326 valence electrons. The Hall–Kier alpha value is -2.03. The first-order chi connectivity index (χ1) is 27.0. The van der Waals surface area contributed by atoms with Gasteiger partial charge in [-0.3, -0.25) is 14.2 Å². The van der Waals surface area contributed by atoms with Crippen molar-refractivity contribution in [2.24, 2.45) is 0 Å². The Morgan fingerprint density at radius 2 is 0.964 bits per heavy atom. The van der Waals surface area contributed by atoms with Gasteiger partial charge in [0.1, 0.15) is 19.8 Å². The average molecular weight is 810 g/mol. The maximum atomic E-state index is 12.7. The minimum absolute atomic E-state index is 0.0363. The molecule has 0 aromatic carbocycles. The van der Waals surface area contributed by atoms with Gasteiger partial charge in [0.2, 0.25) is 0 Å². The van der Waals surface area contributed by atoms with Crippen molar-refractivity contribution in [2.75, 3.05) is 47.5 Å². The van der Waals surface area contributed by atoms with Gasteiger partial charge >= 0.3 is 11.9 Å². The topological polar surface area (TPSA) is 111 Å². The molecule has 2 atom stereocenters. The van der Waals surface area contributed by atoms with Crippen LogP contribution in [0, 0.1) is 0 Å². The van der Waals surface area contributed by atoms with Crippen LogP contribution >= 0.6 is 7.82 Å². The van der Waals surface area contributed by atoms with Crippen LogP contribution in [0.5, 0.6) is 0 Å². The van der Waals surface area contributed by atoms with Crippen LogP contribution in [-0.2, 0) is 32.7 Å². The van der Waals surface area contributed by atoms with E-state index in [1.165, 1.54) is 70.6 Å². The van der Waals surface area contributed by atoms with E-state index in [0.717, 1.165) is 70.6 Å². The lowest BCUT2D eigenvalue weighted by atomic mass is 10.1. The van der Waals surface area contributed by atoms with Crippen LogP contribution in [0.2, 0.25) is 0 Å². The number of hydrogen-bond acceptors (Lipinski definition) is 8. The van der Waals surface area contributed by atoms with Crippen molar-refractivity contribution in [2.45, 2.75) is 187 Å². The van der Waals surface area contributed by atoms with Gasteiger partial charge in [-0.2, -0.15) is 0 Å². The molecule has 0 saturated heterocycles. The normalized spacial score (nSPS) is 14.0. The Kier molecular flexibility index (Phi) is 37.1. The average Bonchev–Trinajstić information content (AvgIpc) is 3.15. The number of quaternary nitrogens is 1. The van der Waals surface area contributed by atoms with E-state index < -0.39 is 32.5 Å². The third-order valence-corrected chi connectivity index (χ3v) is 10.3. The van der Waals surface area contributed by atoms with E-state index in [1.54, 1.807) is 0 Å². The highest BCUT2D eigenvalue weighted by molar-refractivity contribution is 7.45. The fraction of sp³-hybridized carbons (Fsp3) is 0.783. The van der Waals surface area contributed by atoms with E-state index in [0.29, 0.717) is 23.9 Å². The van der Waals surface area contributed by atoms with Crippen molar-refractivity contribution in [3.8, 4) is 0 Å². The van der Waals surface area contributed by atoms with Crippen LogP contribution in [0.4, 0.5) is 0 Å². The zero-order valence-electron chi connectivity index (χ0n) is 36.6. The van der Waals surface area contributed by atoms with E-state index in [2.05, 4.69) is 62.5 Å². The number of phosphoric ester groups is 1. The van der Waals surface area contributed by atoms with Crippen molar-refractivity contribution in [3.05, 3.63) is 48.6 Å². The minimum atomic E-state index is -4.63. The first-order valence-electron chi connectivity index (χ1n) is 22.3. The number of carbonyl (C=O) groups excluding carboxylic acids is 2. The summed E-state index contributed by atoms with van der Waals surface area (Å²) >= 11 is 0. The molecule has 1 unspecified atom stereocenters. The number of esters is 2. The number of phosphoric acid groups is 1. The molecule has 0 aliphatic heterocycles. The van der Waals surface area contributed by atoms with Crippen LogP contribution in [-0.4, -0.2) is 70.0 Å². The van der Waals surface area contributed by atoms with Gasteiger partial charge in [-0.25, -0.2) is 0 Å². The van der Waals surface area contributed by atoms with Crippen molar-refractivity contribution < 1.29 is 42.1 Å². The third kappa shape index (κ3) is 41.6. The highest BCUT2D eigenvalue weighted by Crippen LogP contribution is 2.38. The third-order valence-electron chi connectivity index (χ3n) is 9.32. The van der Waals surface area contributed by atoms with Crippen LogP contribution in [0.25, 0.3) is 0 Å². The first-order valence-corrected chi connectivity index (χ1v) is 23.8. The van der Waals surface area contributed by atoms with E-state index in [9.17, 15) is 19.0 Å². The van der Waals surface area contributed by atoms with E-state index in [-0.39, 0.29) is 26.1 Å². The Labute approximate surface area is 343 Å². The van der Waals surface area contributed by atoms with Gasteiger partial charge in [0.15, 0.2) is 6.10 Å². The molecular formula is C46H84NO8P. The standard InChI is InChI=1S/C46H84NO8P/c1-6-8-10-12-14-16-18-20-22-23-25-27-29-31-33-35-37-39-46(49)55-44(43-54-56(50,51)53-41-40-47(3,4)5)42-52-45(48)38-36-34-32-30-28-26-24-21-19-17-15-13-11-9-7-2/h14-17,20-22,24,44H,6-13,18-19,23,25-43H2,1-5H3/b16-14-,17-15-,22-20-,24-21-/t44-/m1/s1. The van der Waals surface area contributed by atoms with Crippen LogP contribution in [0.1, 0.15) is 181 Å². The zero-order valence-corrected chi connectivity index (χ0v) is 37.5. The highest BCUT2D eigenvalue weighted by atomic mass is 31.2. The second kappa shape index (κ2) is 38.5. The summed E-state index contributed by atoms with van der Waals surface area (Å²) in [6.07, 6.45) is 44.1. The lowest BCUT2D eigenvalue weighted by molar-refractivity contribution is -0.870. The molecular weight excluding hydrogens is 725 g/mol. The smallest absolute Gasteiger partial charge is 0.306 e. The Morgan fingerprint density at radius 1 is 0.554 bits per heavy atom. The van der Waals surface area contributed by atoms with Crippen LogP contribution < -0.4 is 4.89 Å². The monoisotopic (exact) mass is 810 g/mol. The predicted octanol–water partition coefficient (Wildman–Crippen LogP) is 12.1. The van der Waals surface area contributed by atoms with Gasteiger partial charge in [0.25, 0.3) is 7.82 Å². The summed E-state index contributed by atoms with van der Waals surface area (Å²) in [4.78, 5) is 37.5. The molecule has 0 radical (unpaired) electrons. The number of allylic oxidation sites excluding steroid dienone is 8. The molecule has 0 aromatic heterocycles. The van der Waals surface area contributed by atoms with Crippen LogP contribution in [0.15, 0.2) is 48.6 Å². The summed E-state index contributed by atoms with van der Waals surface area (Å²) in [7, 11) is 1.15. The number of rotatable bonds is 40. The number of ether oxygens (including phenoxy) is 2. The Morgan fingerprint density at radius 3 is 1.41 bits per heavy atom. The van der Waals surface area contributed by atoms with Crippen molar-refractivity contribution in [1.82, 2.24) is 0 Å². The quantitative estimate of drug-likeness (QED) is 0.0198. The Balaban J connectivity index is 4.39. The van der Waals surface area contributed by atoms with E-state index >= 15 is 0 Å². The van der Waals surface area contributed by atoms with Gasteiger partial charge < -0.3 is 27.9 Å². The maximum absolute atomic E-state index is 12.7. The molecule has 0 spiro atoms. The Bertz CT molecular complexity index is 1100. The molecule has 0 rings (SSSR count). The second-order valence-corrected chi connectivity index (χ2v) is 17.5. The van der Waals surface area contributed by atoms with Crippen molar-refractivity contribution in [3.63, 3.8) is 0 Å². The first kappa shape index (κ1) is 54.0. The summed E-state index contributed by atoms with van der Waals surface area (Å²) in [5.41, 5.74) is 0. The molecule has 0 amide bonds. The molecule has 0 bridgehead atoms. The summed E-state index contributed by atoms with van der Waals surface area (Å²) in [6, 6.07) is 0. The second-order valence-electron chi connectivity index (χ2n) is 16.1. The lowest BCUT2D eigenvalue weighted by Gasteiger charge is -2.28. The molecule has 0 heterocycles. The fourth-order valence-electron chi connectivity index (χ4n) is 5.77. The van der Waals surface area contributed by atoms with Crippen molar-refractivity contribution >= 4 is 19.8 Å². The summed E-state index contributed by atoms with van der Waals surface area (Å²) in [5.74, 6) is -0.861. The molecule has 0 fully saturated rings. The predicted molar refractivity (Wildman–Crippen MR) is 231 cm³/mol. The number of likely N-dealkylation sites (N-methyl/N-ethyl adjacent to an activating group) is 1. The van der Waals surface area contributed by atoms with Gasteiger partial charge in [-0.05, 0) is 77.0 Å². The van der Waals surface area contributed by atoms with Crippen LogP contribution in [0.3, 0.4) is 0 Å². The van der Waals surface area contributed by atoms with Gasteiger partial charge in [0, 0.05) is 12.8 Å². The van der Waals surface area contributed by atoms with Gasteiger partial charge in [0.05, 0.1) is 27.7 Å². The lowest BCUT2D eigenvalue weighted by Crippen LogP contribution is -2.37. The minimum Gasteiger partial charge on any atom is -0.756 e. The molecule has 0 saturated carbocycles. The molecule has 0 aliphatic carbocycles. The van der Waals surface area contributed by atoms with E-state index in [4.69, 9.17) is 18.5 Å². The van der Waals surface area contributed by atoms with Gasteiger partial charge in [-0.1, -0.05) is 140 Å². The molecule has 0 aliphatic rings. The number of nitrogens with zero attached hydrogens (tertiary/aromatic N) is 1. The summed E-state index contributed by atoms with van der Waals surface area (Å²) in [5, 5.41) is 0. The SMILES string of the molecule is CCCCC/C=C\C/C=C\CCCCCCCCCC(=O)O[C@H](COC(=O)CCCCCCC/C=C\C/C=C\CCCCC)COP(=O)([O-])OCC[N+](C)(C)C. The van der Waals surface area contributed by atoms with Crippen molar-refractivity contribution in [1.29, 1.82) is 0 Å². The number of hydrogen-bond donors (Lipinski definition) is 0. The molecule has 10 heteroatoms. The molecule has 9 nitrogen and oxygen atoms in total. The largest absolute Gasteiger partial charge is 0.756 e. The zero-order chi connectivity index (χ0) is 41.4. The van der Waals surface area contributed by atoms with Gasteiger partial charge in [-0.15, -0.1) is 0 Å². The van der Waals surface area contributed by atoms with E-state index in [1.807, 2.05) is 21.1 Å². The number of carbonyl (C=O) groups is 2. The summed E-state index contributed by atoms with van der Waals surface area (Å²) < 4.78 is 33.9. The molecule has 56 heavy (non-hydrogen) atoms.